The zero-order valence-electron chi connectivity index (χ0n) is 13.8. The van der Waals surface area contributed by atoms with Gasteiger partial charge in [-0.25, -0.2) is 4.98 Å². The van der Waals surface area contributed by atoms with Gasteiger partial charge in [0.05, 0.1) is 11.9 Å². The van der Waals surface area contributed by atoms with Crippen molar-refractivity contribution >= 4 is 34.3 Å². The molecule has 0 radical (unpaired) electrons. The highest BCUT2D eigenvalue weighted by Crippen LogP contribution is 2.26. The molecule has 0 atom stereocenters. The number of thiazole rings is 1. The molecule has 4 N–H and O–H groups in total. The summed E-state index contributed by atoms with van der Waals surface area (Å²) >= 11 is 1.39. The van der Waals surface area contributed by atoms with E-state index in [4.69, 9.17) is 0 Å². The molecular formula is C18H16N4O3S. The highest BCUT2D eigenvalue weighted by molar-refractivity contribution is 7.14. The normalized spacial score (nSPS) is 10.8. The van der Waals surface area contributed by atoms with Gasteiger partial charge in [0.25, 0.3) is 0 Å². The molecule has 1 heterocycles. The number of carbonyl (C=O) groups excluding carboxylic acids is 1. The summed E-state index contributed by atoms with van der Waals surface area (Å²) in [5.41, 5.74) is 5.72. The van der Waals surface area contributed by atoms with Gasteiger partial charge in [0.2, 0.25) is 11.0 Å². The second-order valence-electron chi connectivity index (χ2n) is 5.41. The topological polar surface area (TPSA) is 107 Å². The SMILES string of the molecule is CC(=O)Nc1ccc(-c2csc(N/N=C/c3ccc(O)cc3O)n2)cc1. The molecule has 7 nitrogen and oxygen atoms in total. The van der Waals surface area contributed by atoms with Gasteiger partial charge in [-0.15, -0.1) is 11.3 Å². The predicted molar refractivity (Wildman–Crippen MR) is 103 cm³/mol. The number of anilines is 2. The van der Waals surface area contributed by atoms with Crippen molar-refractivity contribution in [3.8, 4) is 22.8 Å². The van der Waals surface area contributed by atoms with Gasteiger partial charge in [0, 0.05) is 35.2 Å². The van der Waals surface area contributed by atoms with E-state index in [2.05, 4.69) is 20.8 Å². The number of carbonyl (C=O) groups is 1. The number of aromatic hydroxyl groups is 2. The second-order valence-corrected chi connectivity index (χ2v) is 6.27. The molecule has 8 heteroatoms. The van der Waals surface area contributed by atoms with Crippen LogP contribution in [0.15, 0.2) is 52.9 Å². The van der Waals surface area contributed by atoms with Crippen LogP contribution in [0.5, 0.6) is 11.5 Å². The van der Waals surface area contributed by atoms with Crippen LogP contribution in [0, 0.1) is 0 Å². The molecule has 1 aromatic heterocycles. The van der Waals surface area contributed by atoms with Gasteiger partial charge in [-0.2, -0.15) is 5.10 Å². The Morgan fingerprint density at radius 2 is 1.96 bits per heavy atom. The molecule has 3 aromatic rings. The number of rotatable bonds is 5. The van der Waals surface area contributed by atoms with Crippen molar-refractivity contribution in [2.75, 3.05) is 10.7 Å². The molecular weight excluding hydrogens is 352 g/mol. The fraction of sp³-hybridized carbons (Fsp3) is 0.0556. The Morgan fingerprint density at radius 3 is 2.65 bits per heavy atom. The fourth-order valence-electron chi connectivity index (χ4n) is 2.18. The van der Waals surface area contributed by atoms with Crippen LogP contribution in [0.3, 0.4) is 0 Å². The Hall–Kier alpha value is -3.39. The standard InChI is InChI=1S/C18H16N4O3S/c1-11(23)20-14-5-2-12(3-6-14)16-10-26-18(21-16)22-19-9-13-4-7-15(24)8-17(13)25/h2-10,24-25H,1H3,(H,20,23)(H,21,22)/b19-9+. The maximum atomic E-state index is 11.0. The minimum absolute atomic E-state index is 0.0123. The lowest BCUT2D eigenvalue weighted by Crippen LogP contribution is -2.05. The van der Waals surface area contributed by atoms with Crippen LogP contribution in [-0.4, -0.2) is 27.3 Å². The highest BCUT2D eigenvalue weighted by atomic mass is 32.1. The number of aromatic nitrogens is 1. The van der Waals surface area contributed by atoms with Crippen molar-refractivity contribution in [3.63, 3.8) is 0 Å². The van der Waals surface area contributed by atoms with E-state index in [-0.39, 0.29) is 17.4 Å². The van der Waals surface area contributed by atoms with E-state index in [9.17, 15) is 15.0 Å². The van der Waals surface area contributed by atoms with Gasteiger partial charge in [0.1, 0.15) is 11.5 Å². The van der Waals surface area contributed by atoms with Gasteiger partial charge >= 0.3 is 0 Å². The van der Waals surface area contributed by atoms with Gasteiger partial charge in [0.15, 0.2) is 0 Å². The molecule has 132 valence electrons. The third-order valence-corrected chi connectivity index (χ3v) is 4.13. The summed E-state index contributed by atoms with van der Waals surface area (Å²) in [5, 5.41) is 28.2. The highest BCUT2D eigenvalue weighted by Gasteiger charge is 2.05. The molecule has 0 unspecified atom stereocenters. The summed E-state index contributed by atoms with van der Waals surface area (Å²) in [6.07, 6.45) is 1.44. The summed E-state index contributed by atoms with van der Waals surface area (Å²) in [6, 6.07) is 11.6. The Morgan fingerprint density at radius 1 is 1.19 bits per heavy atom. The van der Waals surface area contributed by atoms with Crippen molar-refractivity contribution in [2.24, 2.45) is 5.10 Å². The third-order valence-electron chi connectivity index (χ3n) is 3.38. The zero-order chi connectivity index (χ0) is 18.5. The first-order chi connectivity index (χ1) is 12.5. The number of hydrogen-bond donors (Lipinski definition) is 4. The molecule has 26 heavy (non-hydrogen) atoms. The minimum Gasteiger partial charge on any atom is -0.508 e. The number of hydrogen-bond acceptors (Lipinski definition) is 7. The summed E-state index contributed by atoms with van der Waals surface area (Å²) in [6.45, 7) is 1.46. The van der Waals surface area contributed by atoms with Crippen LogP contribution in [-0.2, 0) is 4.79 Å². The number of benzene rings is 2. The minimum atomic E-state index is -0.115. The second kappa shape index (κ2) is 7.66. The largest absolute Gasteiger partial charge is 0.508 e. The lowest BCUT2D eigenvalue weighted by Gasteiger charge is -2.02. The van der Waals surface area contributed by atoms with Crippen LogP contribution < -0.4 is 10.7 Å². The third kappa shape index (κ3) is 4.37. The fourth-order valence-corrected chi connectivity index (χ4v) is 2.85. The van der Waals surface area contributed by atoms with Crippen LogP contribution in [0.1, 0.15) is 12.5 Å². The predicted octanol–water partition coefficient (Wildman–Crippen LogP) is 3.63. The molecule has 0 fully saturated rings. The molecule has 3 rings (SSSR count). The first-order valence-corrected chi connectivity index (χ1v) is 8.54. The van der Waals surface area contributed by atoms with Crippen LogP contribution >= 0.6 is 11.3 Å². The Bertz CT molecular complexity index is 951. The van der Waals surface area contributed by atoms with Crippen molar-refractivity contribution in [3.05, 3.63) is 53.4 Å². The van der Waals surface area contributed by atoms with E-state index in [0.29, 0.717) is 10.7 Å². The first kappa shape index (κ1) is 17.4. The van der Waals surface area contributed by atoms with Gasteiger partial charge < -0.3 is 15.5 Å². The Kier molecular flexibility index (Phi) is 5.14. The Labute approximate surface area is 153 Å². The molecule has 0 saturated carbocycles. The smallest absolute Gasteiger partial charge is 0.221 e. The van der Waals surface area contributed by atoms with Crippen molar-refractivity contribution in [1.29, 1.82) is 0 Å². The summed E-state index contributed by atoms with van der Waals surface area (Å²) in [7, 11) is 0. The average molecular weight is 368 g/mol. The van der Waals surface area contributed by atoms with Gasteiger partial charge in [-0.1, -0.05) is 12.1 Å². The number of hydrazone groups is 1. The number of phenols is 2. The van der Waals surface area contributed by atoms with Gasteiger partial charge in [-0.05, 0) is 24.3 Å². The number of phenolic OH excluding ortho intramolecular Hbond substituents is 2. The van der Waals surface area contributed by atoms with E-state index in [0.717, 1.165) is 16.9 Å². The summed E-state index contributed by atoms with van der Waals surface area (Å²) in [4.78, 5) is 15.5. The van der Waals surface area contributed by atoms with Gasteiger partial charge in [-0.3, -0.25) is 10.2 Å². The monoisotopic (exact) mass is 368 g/mol. The number of nitrogens with one attached hydrogen (secondary N) is 2. The van der Waals surface area contributed by atoms with Crippen molar-refractivity contribution < 1.29 is 15.0 Å². The number of amides is 1. The molecule has 0 aliphatic heterocycles. The zero-order valence-corrected chi connectivity index (χ0v) is 14.6. The maximum absolute atomic E-state index is 11.0. The number of nitrogens with zero attached hydrogens (tertiary/aromatic N) is 2. The molecule has 0 saturated heterocycles. The lowest BCUT2D eigenvalue weighted by molar-refractivity contribution is -0.114. The first-order valence-electron chi connectivity index (χ1n) is 7.66. The van der Waals surface area contributed by atoms with E-state index in [1.165, 1.54) is 36.6 Å². The average Bonchev–Trinajstić information content (AvgIpc) is 3.06. The molecule has 0 aliphatic carbocycles. The molecule has 2 aromatic carbocycles. The van der Waals surface area contributed by atoms with Crippen LogP contribution in [0.25, 0.3) is 11.3 Å². The van der Waals surface area contributed by atoms with Crippen molar-refractivity contribution in [2.45, 2.75) is 6.92 Å². The molecule has 0 bridgehead atoms. The molecule has 0 spiro atoms. The quantitative estimate of drug-likeness (QED) is 0.406. The van der Waals surface area contributed by atoms with E-state index in [1.54, 1.807) is 6.07 Å². The van der Waals surface area contributed by atoms with E-state index < -0.39 is 0 Å². The Balaban J connectivity index is 1.66. The molecule has 1 amide bonds. The maximum Gasteiger partial charge on any atom is 0.221 e. The van der Waals surface area contributed by atoms with Crippen LogP contribution in [0.4, 0.5) is 10.8 Å². The summed E-state index contributed by atoms with van der Waals surface area (Å²) < 4.78 is 0. The van der Waals surface area contributed by atoms with Crippen molar-refractivity contribution in [1.82, 2.24) is 4.98 Å². The lowest BCUT2D eigenvalue weighted by atomic mass is 10.1. The molecule has 0 aliphatic rings. The van der Waals surface area contributed by atoms with Crippen LogP contribution in [0.2, 0.25) is 0 Å². The summed E-state index contributed by atoms with van der Waals surface area (Å²) in [5.74, 6) is -0.188. The van der Waals surface area contributed by atoms with E-state index >= 15 is 0 Å². The van der Waals surface area contributed by atoms with E-state index in [1.807, 2.05) is 29.6 Å².